The molecule has 2 aromatic heterocycles. The lowest BCUT2D eigenvalue weighted by Crippen LogP contribution is -2.36. The van der Waals surface area contributed by atoms with Gasteiger partial charge in [-0.1, -0.05) is 24.3 Å². The van der Waals surface area contributed by atoms with Crippen molar-refractivity contribution in [1.29, 1.82) is 0 Å². The fourth-order valence-corrected chi connectivity index (χ4v) is 4.61. The number of benzene rings is 2. The number of aromatic nitrogens is 1. The van der Waals surface area contributed by atoms with Crippen LogP contribution in [0, 0.1) is 0 Å². The Morgan fingerprint density at radius 2 is 1.77 bits per heavy atom. The van der Waals surface area contributed by atoms with Crippen molar-refractivity contribution in [2.45, 2.75) is 0 Å². The number of nitrogens with zero attached hydrogens (tertiary/aromatic N) is 2. The summed E-state index contributed by atoms with van der Waals surface area (Å²) in [5.74, 6) is -0.212. The number of hydrogen-bond acceptors (Lipinski definition) is 5. The molecule has 30 heavy (non-hydrogen) atoms. The Bertz CT molecular complexity index is 1180. The number of fused-ring (bicyclic) bond motifs is 1. The maximum atomic E-state index is 12.8. The number of pyridine rings is 1. The number of morpholine rings is 1. The summed E-state index contributed by atoms with van der Waals surface area (Å²) in [5, 5.41) is 6.21. The predicted molar refractivity (Wildman–Crippen MR) is 122 cm³/mol. The van der Waals surface area contributed by atoms with Gasteiger partial charge in [-0.3, -0.25) is 4.79 Å². The van der Waals surface area contributed by atoms with Gasteiger partial charge >= 0.3 is 0 Å². The number of thiophene rings is 1. The molecule has 0 atom stereocenters. The molecular weight excluding hydrogens is 394 g/mol. The third-order valence-electron chi connectivity index (χ3n) is 5.24. The molecule has 5 nitrogen and oxygen atoms in total. The monoisotopic (exact) mass is 415 g/mol. The van der Waals surface area contributed by atoms with E-state index in [1.54, 1.807) is 17.4 Å². The average Bonchev–Trinajstić information content (AvgIpc) is 3.24. The molecule has 1 saturated heterocycles. The number of carbonyl (C=O) groups excluding carboxylic acids is 1. The minimum Gasteiger partial charge on any atom is -0.378 e. The minimum atomic E-state index is -0.212. The smallest absolute Gasteiger partial charge is 0.274 e. The van der Waals surface area contributed by atoms with Gasteiger partial charge in [-0.15, -0.1) is 11.3 Å². The molecule has 150 valence electrons. The van der Waals surface area contributed by atoms with Crippen molar-refractivity contribution in [3.05, 3.63) is 77.8 Å². The van der Waals surface area contributed by atoms with Crippen LogP contribution in [0.5, 0.6) is 0 Å². The van der Waals surface area contributed by atoms with Crippen LogP contribution in [0.25, 0.3) is 21.3 Å². The highest BCUT2D eigenvalue weighted by atomic mass is 32.1. The lowest BCUT2D eigenvalue weighted by molar-refractivity contribution is 0.102. The second kappa shape index (κ2) is 8.26. The molecule has 0 spiro atoms. The van der Waals surface area contributed by atoms with Gasteiger partial charge in [0.2, 0.25) is 0 Å². The summed E-state index contributed by atoms with van der Waals surface area (Å²) in [6.07, 6.45) is 0. The van der Waals surface area contributed by atoms with Crippen LogP contribution in [-0.4, -0.2) is 37.2 Å². The molecular formula is C24H21N3O2S. The van der Waals surface area contributed by atoms with Gasteiger partial charge in [0.05, 0.1) is 18.9 Å². The molecule has 1 amide bonds. The van der Waals surface area contributed by atoms with Crippen LogP contribution >= 0.6 is 11.3 Å². The fraction of sp³-hybridized carbons (Fsp3) is 0.167. The topological polar surface area (TPSA) is 54.5 Å². The fourth-order valence-electron chi connectivity index (χ4n) is 3.66. The zero-order chi connectivity index (χ0) is 20.3. The van der Waals surface area contributed by atoms with E-state index in [2.05, 4.69) is 32.7 Å². The lowest BCUT2D eigenvalue weighted by atomic mass is 10.1. The van der Waals surface area contributed by atoms with Crippen molar-refractivity contribution in [1.82, 2.24) is 4.98 Å². The number of rotatable bonds is 4. The summed E-state index contributed by atoms with van der Waals surface area (Å²) in [4.78, 5) is 19.7. The van der Waals surface area contributed by atoms with E-state index in [0.29, 0.717) is 5.69 Å². The molecule has 3 heterocycles. The molecule has 5 rings (SSSR count). The standard InChI is InChI=1S/C24H21N3O2S/c28-24(25-17-8-10-18(11-9-17)27-12-14-29-15-13-27)22-6-3-5-21(26-22)20-16-30-23-7-2-1-4-19(20)23/h1-11,16H,12-15H2,(H,25,28). The highest BCUT2D eigenvalue weighted by Crippen LogP contribution is 2.32. The summed E-state index contributed by atoms with van der Waals surface area (Å²) in [7, 11) is 0. The SMILES string of the molecule is O=C(Nc1ccc(N2CCOCC2)cc1)c1cccc(-c2csc3ccccc23)n1. The van der Waals surface area contributed by atoms with Gasteiger partial charge in [0, 0.05) is 45.5 Å². The number of anilines is 2. The molecule has 1 aliphatic rings. The maximum Gasteiger partial charge on any atom is 0.274 e. The van der Waals surface area contributed by atoms with E-state index in [4.69, 9.17) is 4.74 Å². The van der Waals surface area contributed by atoms with E-state index in [1.165, 1.54) is 4.70 Å². The summed E-state index contributed by atoms with van der Waals surface area (Å²) in [6, 6.07) is 21.7. The summed E-state index contributed by atoms with van der Waals surface area (Å²) in [6.45, 7) is 3.28. The van der Waals surface area contributed by atoms with Gasteiger partial charge < -0.3 is 15.0 Å². The Balaban J connectivity index is 1.33. The van der Waals surface area contributed by atoms with E-state index in [-0.39, 0.29) is 5.91 Å². The Morgan fingerprint density at radius 1 is 0.967 bits per heavy atom. The first kappa shape index (κ1) is 18.8. The molecule has 0 aliphatic carbocycles. The second-order valence-electron chi connectivity index (χ2n) is 7.15. The minimum absolute atomic E-state index is 0.212. The van der Waals surface area contributed by atoms with Gasteiger partial charge in [-0.25, -0.2) is 4.98 Å². The van der Waals surface area contributed by atoms with Gasteiger partial charge in [-0.2, -0.15) is 0 Å². The van der Waals surface area contributed by atoms with Crippen LogP contribution in [-0.2, 0) is 4.74 Å². The third-order valence-corrected chi connectivity index (χ3v) is 6.20. The Hall–Kier alpha value is -3.22. The van der Waals surface area contributed by atoms with Crippen molar-refractivity contribution in [2.24, 2.45) is 0 Å². The van der Waals surface area contributed by atoms with Gasteiger partial charge in [0.15, 0.2) is 0 Å². The van der Waals surface area contributed by atoms with E-state index in [0.717, 1.165) is 54.3 Å². The van der Waals surface area contributed by atoms with E-state index >= 15 is 0 Å². The number of nitrogens with one attached hydrogen (secondary N) is 1. The van der Waals surface area contributed by atoms with E-state index in [9.17, 15) is 4.79 Å². The molecule has 0 saturated carbocycles. The van der Waals surface area contributed by atoms with Gasteiger partial charge in [-0.05, 0) is 42.5 Å². The summed E-state index contributed by atoms with van der Waals surface area (Å²) >= 11 is 1.69. The van der Waals surface area contributed by atoms with Crippen LogP contribution in [0.15, 0.2) is 72.1 Å². The number of ether oxygens (including phenoxy) is 1. The summed E-state index contributed by atoms with van der Waals surface area (Å²) in [5.41, 5.74) is 4.16. The van der Waals surface area contributed by atoms with E-state index in [1.807, 2.05) is 48.5 Å². The zero-order valence-electron chi connectivity index (χ0n) is 16.4. The normalized spacial score (nSPS) is 14.1. The predicted octanol–water partition coefficient (Wildman–Crippen LogP) is 5.05. The zero-order valence-corrected chi connectivity index (χ0v) is 17.2. The van der Waals surface area contributed by atoms with Crippen molar-refractivity contribution in [3.63, 3.8) is 0 Å². The van der Waals surface area contributed by atoms with Crippen LogP contribution in [0.3, 0.4) is 0 Å². The summed E-state index contributed by atoms with van der Waals surface area (Å²) < 4.78 is 6.61. The quantitative estimate of drug-likeness (QED) is 0.507. The number of hydrogen-bond donors (Lipinski definition) is 1. The first-order valence-electron chi connectivity index (χ1n) is 9.96. The van der Waals surface area contributed by atoms with Crippen molar-refractivity contribution >= 4 is 38.7 Å². The molecule has 2 aromatic carbocycles. The maximum absolute atomic E-state index is 12.8. The van der Waals surface area contributed by atoms with E-state index < -0.39 is 0 Å². The highest BCUT2D eigenvalue weighted by Gasteiger charge is 2.14. The first-order valence-corrected chi connectivity index (χ1v) is 10.8. The second-order valence-corrected chi connectivity index (χ2v) is 8.07. The highest BCUT2D eigenvalue weighted by molar-refractivity contribution is 7.17. The third kappa shape index (κ3) is 3.79. The number of carbonyl (C=O) groups is 1. The number of amides is 1. The van der Waals surface area contributed by atoms with Gasteiger partial charge in [0.25, 0.3) is 5.91 Å². The molecule has 1 N–H and O–H groups in total. The van der Waals surface area contributed by atoms with Crippen LogP contribution in [0.2, 0.25) is 0 Å². The Kier molecular flexibility index (Phi) is 5.17. The first-order chi connectivity index (χ1) is 14.8. The molecule has 4 aromatic rings. The van der Waals surface area contributed by atoms with Gasteiger partial charge in [0.1, 0.15) is 5.69 Å². The molecule has 6 heteroatoms. The van der Waals surface area contributed by atoms with Crippen molar-refractivity contribution < 1.29 is 9.53 Å². The van der Waals surface area contributed by atoms with Crippen LogP contribution in [0.1, 0.15) is 10.5 Å². The molecule has 1 aliphatic heterocycles. The van der Waals surface area contributed by atoms with Crippen molar-refractivity contribution in [3.8, 4) is 11.3 Å². The van der Waals surface area contributed by atoms with Crippen LogP contribution in [0.4, 0.5) is 11.4 Å². The average molecular weight is 416 g/mol. The Labute approximate surface area is 178 Å². The molecule has 0 unspecified atom stereocenters. The molecule has 1 fully saturated rings. The lowest BCUT2D eigenvalue weighted by Gasteiger charge is -2.28. The Morgan fingerprint density at radius 3 is 2.60 bits per heavy atom. The van der Waals surface area contributed by atoms with Crippen LogP contribution < -0.4 is 10.2 Å². The molecule has 0 radical (unpaired) electrons. The largest absolute Gasteiger partial charge is 0.378 e. The molecule has 0 bridgehead atoms. The van der Waals surface area contributed by atoms with Crippen molar-refractivity contribution in [2.75, 3.05) is 36.5 Å².